The Kier molecular flexibility index (Phi) is 5.44. The Morgan fingerprint density at radius 3 is 2.63 bits per heavy atom. The maximum atomic E-state index is 6.11. The lowest BCUT2D eigenvalue weighted by Crippen LogP contribution is -2.46. The molecule has 0 aromatic heterocycles. The van der Waals surface area contributed by atoms with E-state index < -0.39 is 0 Å². The first-order chi connectivity index (χ1) is 9.28. The summed E-state index contributed by atoms with van der Waals surface area (Å²) in [4.78, 5) is 2.32. The number of anilines is 1. The maximum absolute atomic E-state index is 6.11. The summed E-state index contributed by atoms with van der Waals surface area (Å²) in [5.74, 6) is 0.884. The molecule has 1 saturated heterocycles. The first kappa shape index (κ1) is 14.1. The van der Waals surface area contributed by atoms with Crippen molar-refractivity contribution in [3.63, 3.8) is 0 Å². The minimum absolute atomic E-state index is 0.0731. The van der Waals surface area contributed by atoms with Gasteiger partial charge in [0.05, 0.1) is 26.0 Å². The van der Waals surface area contributed by atoms with Gasteiger partial charge < -0.3 is 20.5 Å². The number of morpholine rings is 1. The number of hydrogen-bond donors (Lipinski definition) is 2. The molecule has 1 atom stereocenters. The van der Waals surface area contributed by atoms with Crippen LogP contribution in [-0.2, 0) is 4.74 Å². The summed E-state index contributed by atoms with van der Waals surface area (Å²) in [6, 6.07) is 7.88. The summed E-state index contributed by atoms with van der Waals surface area (Å²) in [6.07, 6.45) is -0.0731. The molecule has 5 nitrogen and oxygen atoms in total. The summed E-state index contributed by atoms with van der Waals surface area (Å²) >= 11 is 0. The molecule has 0 saturated carbocycles. The number of hydrogen-bond acceptors (Lipinski definition) is 5. The third-order valence-corrected chi connectivity index (χ3v) is 3.08. The van der Waals surface area contributed by atoms with E-state index in [-0.39, 0.29) is 6.17 Å². The van der Waals surface area contributed by atoms with E-state index in [1.165, 1.54) is 0 Å². The third kappa shape index (κ3) is 4.70. The van der Waals surface area contributed by atoms with Crippen LogP contribution < -0.4 is 15.8 Å². The van der Waals surface area contributed by atoms with Gasteiger partial charge in [0, 0.05) is 25.3 Å². The van der Waals surface area contributed by atoms with Crippen LogP contribution >= 0.6 is 0 Å². The van der Waals surface area contributed by atoms with Gasteiger partial charge >= 0.3 is 0 Å². The Balaban J connectivity index is 1.78. The zero-order valence-electron chi connectivity index (χ0n) is 11.5. The van der Waals surface area contributed by atoms with Gasteiger partial charge in [0.25, 0.3) is 0 Å². The molecule has 1 heterocycles. The van der Waals surface area contributed by atoms with Crippen molar-refractivity contribution >= 4 is 5.69 Å². The Morgan fingerprint density at radius 1 is 1.32 bits per heavy atom. The average Bonchev–Trinajstić information content (AvgIpc) is 2.42. The highest BCUT2D eigenvalue weighted by atomic mass is 16.5. The van der Waals surface area contributed by atoms with Gasteiger partial charge in [-0.1, -0.05) is 0 Å². The molecule has 0 bridgehead atoms. The number of nitrogens with two attached hydrogens (primary N) is 1. The minimum Gasteiger partial charge on any atom is -0.494 e. The lowest BCUT2D eigenvalue weighted by Gasteiger charge is -2.29. The molecule has 1 unspecified atom stereocenters. The van der Waals surface area contributed by atoms with Crippen molar-refractivity contribution in [2.24, 2.45) is 5.73 Å². The standard InChI is InChI=1S/C14H23N3O2/c1-2-19-13-5-3-12(4-6-13)16-14(15)11-17-7-9-18-10-8-17/h3-6,14,16H,2,7-11,15H2,1H3. The van der Waals surface area contributed by atoms with Crippen LogP contribution in [0.1, 0.15) is 6.92 Å². The van der Waals surface area contributed by atoms with Crippen LogP contribution in [0, 0.1) is 0 Å². The van der Waals surface area contributed by atoms with Crippen molar-refractivity contribution in [3.8, 4) is 5.75 Å². The van der Waals surface area contributed by atoms with Crippen molar-refractivity contribution in [3.05, 3.63) is 24.3 Å². The van der Waals surface area contributed by atoms with Crippen molar-refractivity contribution in [2.75, 3.05) is 44.8 Å². The summed E-state index contributed by atoms with van der Waals surface area (Å²) in [7, 11) is 0. The molecule has 0 spiro atoms. The minimum atomic E-state index is -0.0731. The number of nitrogens with zero attached hydrogens (tertiary/aromatic N) is 1. The molecule has 2 rings (SSSR count). The van der Waals surface area contributed by atoms with Crippen LogP contribution in [0.3, 0.4) is 0 Å². The molecule has 3 N–H and O–H groups in total. The molecule has 1 aliphatic heterocycles. The Labute approximate surface area is 114 Å². The van der Waals surface area contributed by atoms with Gasteiger partial charge in [0.15, 0.2) is 0 Å². The van der Waals surface area contributed by atoms with Crippen molar-refractivity contribution in [2.45, 2.75) is 13.1 Å². The average molecular weight is 265 g/mol. The summed E-state index contributed by atoms with van der Waals surface area (Å²) in [6.45, 7) is 7.01. The van der Waals surface area contributed by atoms with Gasteiger partial charge in [-0.3, -0.25) is 4.90 Å². The zero-order valence-corrected chi connectivity index (χ0v) is 11.5. The molecule has 0 amide bonds. The molecular formula is C14H23N3O2. The predicted octanol–water partition coefficient (Wildman–Crippen LogP) is 1.11. The van der Waals surface area contributed by atoms with Crippen LogP contribution in [0.2, 0.25) is 0 Å². The van der Waals surface area contributed by atoms with Gasteiger partial charge in [0.2, 0.25) is 0 Å². The molecule has 1 aromatic carbocycles. The van der Waals surface area contributed by atoms with Crippen LogP contribution in [0.5, 0.6) is 5.75 Å². The largest absolute Gasteiger partial charge is 0.494 e. The van der Waals surface area contributed by atoms with Crippen LogP contribution in [0.4, 0.5) is 5.69 Å². The third-order valence-electron chi connectivity index (χ3n) is 3.08. The van der Waals surface area contributed by atoms with Gasteiger partial charge in [-0.05, 0) is 31.2 Å². The van der Waals surface area contributed by atoms with E-state index in [1.54, 1.807) is 0 Å². The molecule has 1 aliphatic rings. The molecule has 1 aromatic rings. The van der Waals surface area contributed by atoms with Crippen molar-refractivity contribution in [1.29, 1.82) is 0 Å². The lowest BCUT2D eigenvalue weighted by molar-refractivity contribution is 0.0364. The number of nitrogens with one attached hydrogen (secondary N) is 1. The van der Waals surface area contributed by atoms with Crippen LogP contribution in [-0.4, -0.2) is 50.5 Å². The fourth-order valence-electron chi connectivity index (χ4n) is 2.14. The Hall–Kier alpha value is -1.30. The van der Waals surface area contributed by atoms with E-state index in [2.05, 4.69) is 10.2 Å². The SMILES string of the molecule is CCOc1ccc(NC(N)CN2CCOCC2)cc1. The van der Waals surface area contributed by atoms with E-state index >= 15 is 0 Å². The normalized spacial score (nSPS) is 18.0. The van der Waals surface area contributed by atoms with E-state index in [0.29, 0.717) is 6.61 Å². The van der Waals surface area contributed by atoms with Crippen LogP contribution in [0.25, 0.3) is 0 Å². The van der Waals surface area contributed by atoms with Crippen molar-refractivity contribution < 1.29 is 9.47 Å². The second-order valence-electron chi connectivity index (χ2n) is 4.62. The molecule has 1 fully saturated rings. The smallest absolute Gasteiger partial charge is 0.119 e. The van der Waals surface area contributed by atoms with E-state index in [4.69, 9.17) is 15.2 Å². The highest BCUT2D eigenvalue weighted by Gasteiger charge is 2.13. The molecular weight excluding hydrogens is 242 g/mol. The van der Waals surface area contributed by atoms with Crippen molar-refractivity contribution in [1.82, 2.24) is 4.90 Å². The predicted molar refractivity (Wildman–Crippen MR) is 76.5 cm³/mol. The topological polar surface area (TPSA) is 59.8 Å². The summed E-state index contributed by atoms with van der Waals surface area (Å²) in [5.41, 5.74) is 7.13. The Bertz CT molecular complexity index is 363. The number of rotatable bonds is 6. The van der Waals surface area contributed by atoms with Gasteiger partial charge in [-0.25, -0.2) is 0 Å². The molecule has 0 aliphatic carbocycles. The summed E-state index contributed by atoms with van der Waals surface area (Å²) in [5, 5.41) is 3.30. The first-order valence-electron chi connectivity index (χ1n) is 6.83. The highest BCUT2D eigenvalue weighted by Crippen LogP contribution is 2.15. The first-order valence-corrected chi connectivity index (χ1v) is 6.83. The van der Waals surface area contributed by atoms with E-state index in [9.17, 15) is 0 Å². The molecule has 106 valence electrons. The quantitative estimate of drug-likeness (QED) is 0.755. The number of ether oxygens (including phenoxy) is 2. The fraction of sp³-hybridized carbons (Fsp3) is 0.571. The second-order valence-corrected chi connectivity index (χ2v) is 4.62. The number of benzene rings is 1. The highest BCUT2D eigenvalue weighted by molar-refractivity contribution is 5.46. The summed E-state index contributed by atoms with van der Waals surface area (Å²) < 4.78 is 10.7. The molecule has 19 heavy (non-hydrogen) atoms. The Morgan fingerprint density at radius 2 is 2.00 bits per heavy atom. The van der Waals surface area contributed by atoms with E-state index in [0.717, 1.165) is 44.3 Å². The lowest BCUT2D eigenvalue weighted by atomic mass is 10.3. The monoisotopic (exact) mass is 265 g/mol. The van der Waals surface area contributed by atoms with Gasteiger partial charge in [-0.15, -0.1) is 0 Å². The zero-order chi connectivity index (χ0) is 13.5. The van der Waals surface area contributed by atoms with Gasteiger partial charge in [-0.2, -0.15) is 0 Å². The van der Waals surface area contributed by atoms with Gasteiger partial charge in [0.1, 0.15) is 5.75 Å². The maximum Gasteiger partial charge on any atom is 0.119 e. The molecule has 5 heteroatoms. The van der Waals surface area contributed by atoms with E-state index in [1.807, 2.05) is 31.2 Å². The van der Waals surface area contributed by atoms with Crippen LogP contribution in [0.15, 0.2) is 24.3 Å². The fourth-order valence-corrected chi connectivity index (χ4v) is 2.14. The second kappa shape index (κ2) is 7.33. The molecule has 0 radical (unpaired) electrons.